The number of carbonyl (C=O) groups is 1. The molecule has 0 fully saturated rings. The Bertz CT molecular complexity index is 893. The van der Waals surface area contributed by atoms with Crippen LogP contribution >= 0.6 is 23.2 Å². The first-order valence-corrected chi connectivity index (χ1v) is 9.60. The molecule has 5 nitrogen and oxygen atoms in total. The lowest BCUT2D eigenvalue weighted by molar-refractivity contribution is -0.136. The number of halogens is 2. The third-order valence-electron chi connectivity index (χ3n) is 3.70. The van der Waals surface area contributed by atoms with Gasteiger partial charge in [0.05, 0.1) is 27.0 Å². The number of aliphatic carboxylic acids is 1. The number of hydrogen-bond donors (Lipinski definition) is 1. The van der Waals surface area contributed by atoms with Crippen LogP contribution in [0.1, 0.15) is 17.5 Å². The van der Waals surface area contributed by atoms with E-state index in [1.165, 1.54) is 18.2 Å². The van der Waals surface area contributed by atoms with Gasteiger partial charge in [0.2, 0.25) is 0 Å². The van der Waals surface area contributed by atoms with Crippen LogP contribution in [0.3, 0.4) is 0 Å². The number of anilines is 1. The molecule has 0 aliphatic heterocycles. The number of benzene rings is 2. The number of nitrogens with zero attached hydrogens (tertiary/aromatic N) is 1. The monoisotopic (exact) mass is 401 g/mol. The Balaban J connectivity index is 2.61. The fraction of sp³-hybridized carbons (Fsp3) is 0.235. The smallest absolute Gasteiger partial charge is 0.305 e. The lowest BCUT2D eigenvalue weighted by Crippen LogP contribution is -2.34. The predicted octanol–water partition coefficient (Wildman–Crippen LogP) is 4.28. The Kier molecular flexibility index (Phi) is 5.98. The zero-order valence-corrected chi connectivity index (χ0v) is 16.0. The Labute approximate surface area is 156 Å². The van der Waals surface area contributed by atoms with Crippen LogP contribution in [-0.2, 0) is 14.8 Å². The van der Waals surface area contributed by atoms with Crippen LogP contribution in [0.4, 0.5) is 5.69 Å². The summed E-state index contributed by atoms with van der Waals surface area (Å²) in [5, 5.41) is 9.36. The normalized spacial score (nSPS) is 11.4. The molecule has 2 aromatic rings. The molecule has 2 aromatic carbocycles. The average molecular weight is 402 g/mol. The zero-order chi connectivity index (χ0) is 18.8. The molecular weight excluding hydrogens is 385 g/mol. The summed E-state index contributed by atoms with van der Waals surface area (Å²) in [7, 11) is -4.01. The fourth-order valence-corrected chi connectivity index (χ4v) is 4.50. The molecule has 2 rings (SSSR count). The quantitative estimate of drug-likeness (QED) is 0.783. The van der Waals surface area contributed by atoms with E-state index < -0.39 is 16.0 Å². The molecule has 0 saturated carbocycles. The van der Waals surface area contributed by atoms with Gasteiger partial charge in [0.15, 0.2) is 0 Å². The second-order valence-electron chi connectivity index (χ2n) is 5.54. The minimum Gasteiger partial charge on any atom is -0.481 e. The Morgan fingerprint density at radius 1 is 1.08 bits per heavy atom. The van der Waals surface area contributed by atoms with Gasteiger partial charge in [-0.25, -0.2) is 8.42 Å². The minimum atomic E-state index is -4.01. The van der Waals surface area contributed by atoms with Crippen LogP contribution in [0, 0.1) is 13.8 Å². The maximum Gasteiger partial charge on any atom is 0.305 e. The summed E-state index contributed by atoms with van der Waals surface area (Å²) in [4.78, 5) is 11.0. The third-order valence-corrected chi connectivity index (χ3v) is 6.23. The van der Waals surface area contributed by atoms with Crippen molar-refractivity contribution in [1.82, 2.24) is 0 Å². The maximum atomic E-state index is 13.1. The highest BCUT2D eigenvalue weighted by Crippen LogP contribution is 2.32. The van der Waals surface area contributed by atoms with Crippen molar-refractivity contribution < 1.29 is 18.3 Å². The lowest BCUT2D eigenvalue weighted by atomic mass is 10.1. The van der Waals surface area contributed by atoms with E-state index in [0.717, 1.165) is 15.4 Å². The summed E-state index contributed by atoms with van der Waals surface area (Å²) in [6, 6.07) is 9.39. The highest BCUT2D eigenvalue weighted by atomic mass is 35.5. The minimum absolute atomic E-state index is 0.0464. The van der Waals surface area contributed by atoms with E-state index in [2.05, 4.69) is 0 Å². The van der Waals surface area contributed by atoms with Crippen molar-refractivity contribution >= 4 is 44.9 Å². The second-order valence-corrected chi connectivity index (χ2v) is 8.21. The first kappa shape index (κ1) is 19.6. The van der Waals surface area contributed by atoms with Crippen LogP contribution < -0.4 is 4.31 Å². The van der Waals surface area contributed by atoms with Crippen molar-refractivity contribution in [2.75, 3.05) is 10.8 Å². The summed E-state index contributed by atoms with van der Waals surface area (Å²) in [6.07, 6.45) is -0.325. The molecule has 0 heterocycles. The standard InChI is InChI=1S/C17H17Cl2NO4S/c1-11-4-3-5-12(2)17(11)20(9-8-16(21)22)25(23,24)13-6-7-14(18)15(19)10-13/h3-7,10H,8-9H2,1-2H3,(H,21,22). The first-order chi connectivity index (χ1) is 11.6. The number of aryl methyl sites for hydroxylation is 2. The summed E-state index contributed by atoms with van der Waals surface area (Å²) < 4.78 is 27.4. The van der Waals surface area contributed by atoms with Gasteiger partial charge in [-0.15, -0.1) is 0 Å². The Morgan fingerprint density at radius 3 is 2.20 bits per heavy atom. The van der Waals surface area contributed by atoms with E-state index in [-0.39, 0.29) is 27.9 Å². The summed E-state index contributed by atoms with van der Waals surface area (Å²) in [5.41, 5.74) is 1.93. The van der Waals surface area contributed by atoms with Gasteiger partial charge < -0.3 is 5.11 Å². The van der Waals surface area contributed by atoms with E-state index in [9.17, 15) is 13.2 Å². The number of rotatable bonds is 6. The summed E-state index contributed by atoms with van der Waals surface area (Å²) >= 11 is 11.8. The van der Waals surface area contributed by atoms with Gasteiger partial charge in [-0.05, 0) is 43.2 Å². The highest BCUT2D eigenvalue weighted by molar-refractivity contribution is 7.92. The van der Waals surface area contributed by atoms with Gasteiger partial charge in [-0.3, -0.25) is 9.10 Å². The molecule has 0 saturated heterocycles. The molecule has 0 aromatic heterocycles. The van der Waals surface area contributed by atoms with Crippen molar-refractivity contribution in [1.29, 1.82) is 0 Å². The molecule has 0 bridgehead atoms. The topological polar surface area (TPSA) is 74.7 Å². The van der Waals surface area contributed by atoms with Crippen molar-refractivity contribution in [3.63, 3.8) is 0 Å². The van der Waals surface area contributed by atoms with Crippen LogP contribution in [0.2, 0.25) is 10.0 Å². The number of carboxylic acids is 1. The van der Waals surface area contributed by atoms with E-state index >= 15 is 0 Å². The summed E-state index contributed by atoms with van der Waals surface area (Å²) in [5.74, 6) is -1.08. The molecule has 0 atom stereocenters. The SMILES string of the molecule is Cc1cccc(C)c1N(CCC(=O)O)S(=O)(=O)c1ccc(Cl)c(Cl)c1. The van der Waals surface area contributed by atoms with Crippen LogP contribution in [0.15, 0.2) is 41.3 Å². The van der Waals surface area contributed by atoms with Crippen LogP contribution in [0.5, 0.6) is 0 Å². The van der Waals surface area contributed by atoms with Crippen molar-refractivity contribution in [3.8, 4) is 0 Å². The second kappa shape index (κ2) is 7.64. The number of sulfonamides is 1. The van der Waals surface area contributed by atoms with Gasteiger partial charge in [0, 0.05) is 6.54 Å². The molecular formula is C17H17Cl2NO4S. The molecule has 134 valence electrons. The molecule has 0 unspecified atom stereocenters. The van der Waals surface area contributed by atoms with Gasteiger partial charge >= 0.3 is 5.97 Å². The van der Waals surface area contributed by atoms with E-state index in [4.69, 9.17) is 28.3 Å². The number of para-hydroxylation sites is 1. The largest absolute Gasteiger partial charge is 0.481 e. The molecule has 0 radical (unpaired) electrons. The molecule has 0 spiro atoms. The number of hydrogen-bond acceptors (Lipinski definition) is 3. The lowest BCUT2D eigenvalue weighted by Gasteiger charge is -2.27. The maximum absolute atomic E-state index is 13.1. The van der Waals surface area contributed by atoms with Crippen LogP contribution in [0.25, 0.3) is 0 Å². The highest BCUT2D eigenvalue weighted by Gasteiger charge is 2.28. The molecule has 1 N–H and O–H groups in total. The molecule has 8 heteroatoms. The molecule has 0 aliphatic rings. The van der Waals surface area contributed by atoms with Gasteiger partial charge in [0.25, 0.3) is 10.0 Å². The van der Waals surface area contributed by atoms with Crippen molar-refractivity contribution in [2.45, 2.75) is 25.2 Å². The average Bonchev–Trinajstić information content (AvgIpc) is 2.52. The number of carboxylic acid groups (broad SMARTS) is 1. The molecule has 0 amide bonds. The van der Waals surface area contributed by atoms with Gasteiger partial charge in [0.1, 0.15) is 0 Å². The summed E-state index contributed by atoms with van der Waals surface area (Å²) in [6.45, 7) is 3.37. The van der Waals surface area contributed by atoms with Gasteiger partial charge in [-0.2, -0.15) is 0 Å². The first-order valence-electron chi connectivity index (χ1n) is 7.40. The third kappa shape index (κ3) is 4.26. The van der Waals surface area contributed by atoms with Crippen LogP contribution in [-0.4, -0.2) is 26.0 Å². The van der Waals surface area contributed by atoms with Crippen molar-refractivity contribution in [2.24, 2.45) is 0 Å². The van der Waals surface area contributed by atoms with E-state index in [1.807, 2.05) is 6.07 Å². The van der Waals surface area contributed by atoms with Crippen molar-refractivity contribution in [3.05, 3.63) is 57.6 Å². The fourth-order valence-electron chi connectivity index (χ4n) is 2.51. The van der Waals surface area contributed by atoms with E-state index in [1.54, 1.807) is 26.0 Å². The molecule has 0 aliphatic carbocycles. The predicted molar refractivity (Wildman–Crippen MR) is 99.2 cm³/mol. The Hall–Kier alpha value is -1.76. The molecule has 25 heavy (non-hydrogen) atoms. The zero-order valence-electron chi connectivity index (χ0n) is 13.7. The Morgan fingerprint density at radius 2 is 1.68 bits per heavy atom. The van der Waals surface area contributed by atoms with E-state index in [0.29, 0.717) is 5.69 Å². The van der Waals surface area contributed by atoms with Gasteiger partial charge in [-0.1, -0.05) is 41.4 Å².